The number of anilines is 2. The Bertz CT molecular complexity index is 1040. The number of likely N-dealkylation sites (N-methyl/N-ethyl adjacent to an activating group) is 1. The molecule has 0 aliphatic carbocycles. The second kappa shape index (κ2) is 6.49. The standard InChI is InChI=1S/C18H18ClN5O2/c1-23-5-6-26-15-7-11(9-20-17(15)23)10-24(2)12-3-4-13-14(8-12)16(19)21-22-18(13)25/h3-4,7-9H,5-6,10H2,1-2H3,(H,22,25). The van der Waals surface area contributed by atoms with E-state index >= 15 is 0 Å². The molecule has 3 aromatic rings. The molecular weight excluding hydrogens is 354 g/mol. The van der Waals surface area contributed by atoms with E-state index in [1.165, 1.54) is 0 Å². The van der Waals surface area contributed by atoms with Gasteiger partial charge in [0.15, 0.2) is 16.7 Å². The molecule has 8 heteroatoms. The van der Waals surface area contributed by atoms with Crippen molar-refractivity contribution < 1.29 is 4.74 Å². The molecule has 0 unspecified atom stereocenters. The Hall–Kier alpha value is -2.80. The van der Waals surface area contributed by atoms with E-state index in [9.17, 15) is 4.79 Å². The van der Waals surface area contributed by atoms with E-state index in [2.05, 4.69) is 25.0 Å². The molecule has 0 atom stereocenters. The summed E-state index contributed by atoms with van der Waals surface area (Å²) >= 11 is 6.13. The van der Waals surface area contributed by atoms with Crippen molar-refractivity contribution in [3.8, 4) is 5.75 Å². The molecule has 4 rings (SSSR count). The lowest BCUT2D eigenvalue weighted by Gasteiger charge is -2.27. The maximum absolute atomic E-state index is 11.8. The van der Waals surface area contributed by atoms with Gasteiger partial charge in [-0.1, -0.05) is 11.6 Å². The first kappa shape index (κ1) is 16.7. The Morgan fingerprint density at radius 3 is 3.04 bits per heavy atom. The number of aromatic nitrogens is 3. The maximum atomic E-state index is 11.8. The lowest BCUT2D eigenvalue weighted by molar-refractivity contribution is 0.308. The first-order valence-corrected chi connectivity index (χ1v) is 8.62. The normalized spacial score (nSPS) is 13.4. The van der Waals surface area contributed by atoms with Crippen LogP contribution in [0.4, 0.5) is 11.5 Å². The summed E-state index contributed by atoms with van der Waals surface area (Å²) in [5.41, 5.74) is 1.72. The van der Waals surface area contributed by atoms with Crippen molar-refractivity contribution in [3.05, 3.63) is 51.5 Å². The number of aromatic amines is 1. The summed E-state index contributed by atoms with van der Waals surface area (Å²) < 4.78 is 5.72. The van der Waals surface area contributed by atoms with Crippen LogP contribution in [0.2, 0.25) is 5.15 Å². The monoisotopic (exact) mass is 371 g/mol. The lowest BCUT2D eigenvalue weighted by atomic mass is 10.1. The smallest absolute Gasteiger partial charge is 0.272 e. The van der Waals surface area contributed by atoms with Gasteiger partial charge in [-0.2, -0.15) is 5.10 Å². The van der Waals surface area contributed by atoms with Crippen LogP contribution in [0.5, 0.6) is 5.75 Å². The van der Waals surface area contributed by atoms with Crippen LogP contribution in [-0.4, -0.2) is 42.4 Å². The summed E-state index contributed by atoms with van der Waals surface area (Å²) in [6.07, 6.45) is 1.86. The molecule has 0 saturated heterocycles. The number of nitrogens with zero attached hydrogens (tertiary/aromatic N) is 4. The van der Waals surface area contributed by atoms with Crippen molar-refractivity contribution >= 4 is 33.9 Å². The van der Waals surface area contributed by atoms with Gasteiger partial charge in [0, 0.05) is 37.9 Å². The van der Waals surface area contributed by atoms with E-state index in [-0.39, 0.29) is 10.7 Å². The highest BCUT2D eigenvalue weighted by Crippen LogP contribution is 2.30. The van der Waals surface area contributed by atoms with Crippen LogP contribution in [-0.2, 0) is 6.54 Å². The Balaban J connectivity index is 1.62. The number of fused-ring (bicyclic) bond motifs is 2. The van der Waals surface area contributed by atoms with Crippen molar-refractivity contribution in [2.24, 2.45) is 0 Å². The van der Waals surface area contributed by atoms with Crippen LogP contribution >= 0.6 is 11.6 Å². The molecule has 2 aromatic heterocycles. The molecule has 3 heterocycles. The SMILES string of the molecule is CN(Cc1cnc2c(c1)OCCN2C)c1ccc2c(=O)[nH]nc(Cl)c2c1. The summed E-state index contributed by atoms with van der Waals surface area (Å²) in [6, 6.07) is 7.55. The minimum absolute atomic E-state index is 0.251. The first-order valence-electron chi connectivity index (χ1n) is 8.25. The van der Waals surface area contributed by atoms with Gasteiger partial charge in [0.05, 0.1) is 11.9 Å². The molecule has 26 heavy (non-hydrogen) atoms. The minimum Gasteiger partial charge on any atom is -0.488 e. The quantitative estimate of drug-likeness (QED) is 0.762. The number of ether oxygens (including phenoxy) is 1. The third kappa shape index (κ3) is 2.94. The fourth-order valence-corrected chi connectivity index (χ4v) is 3.28. The molecule has 1 aliphatic heterocycles. The number of hydrogen-bond donors (Lipinski definition) is 1. The topological polar surface area (TPSA) is 74.3 Å². The van der Waals surface area contributed by atoms with Crippen LogP contribution in [0.3, 0.4) is 0 Å². The van der Waals surface area contributed by atoms with Gasteiger partial charge in [-0.15, -0.1) is 0 Å². The van der Waals surface area contributed by atoms with Crippen LogP contribution in [0.1, 0.15) is 5.56 Å². The highest BCUT2D eigenvalue weighted by atomic mass is 35.5. The molecule has 7 nitrogen and oxygen atoms in total. The number of pyridine rings is 1. The summed E-state index contributed by atoms with van der Waals surface area (Å²) in [6.45, 7) is 2.15. The average Bonchev–Trinajstić information content (AvgIpc) is 2.64. The summed E-state index contributed by atoms with van der Waals surface area (Å²) in [5, 5.41) is 7.65. The molecule has 0 saturated carbocycles. The van der Waals surface area contributed by atoms with Gasteiger partial charge >= 0.3 is 0 Å². The van der Waals surface area contributed by atoms with Crippen molar-refractivity contribution in [1.82, 2.24) is 15.2 Å². The number of nitrogens with one attached hydrogen (secondary N) is 1. The number of rotatable bonds is 3. The van der Waals surface area contributed by atoms with Gasteiger partial charge in [0.25, 0.3) is 5.56 Å². The summed E-state index contributed by atoms with van der Waals surface area (Å²) in [5.74, 6) is 1.67. The van der Waals surface area contributed by atoms with Gasteiger partial charge in [-0.05, 0) is 29.8 Å². The van der Waals surface area contributed by atoms with Gasteiger partial charge in [-0.25, -0.2) is 10.1 Å². The molecule has 0 bridgehead atoms. The van der Waals surface area contributed by atoms with Gasteiger partial charge in [0.2, 0.25) is 0 Å². The van der Waals surface area contributed by atoms with E-state index < -0.39 is 0 Å². The minimum atomic E-state index is -0.251. The molecular formula is C18H18ClN5O2. The molecule has 1 N–H and O–H groups in total. The molecule has 0 radical (unpaired) electrons. The van der Waals surface area contributed by atoms with Crippen LogP contribution in [0.25, 0.3) is 10.8 Å². The average molecular weight is 372 g/mol. The Morgan fingerprint density at radius 1 is 1.35 bits per heavy atom. The van der Waals surface area contributed by atoms with Crippen LogP contribution in [0.15, 0.2) is 35.3 Å². The molecule has 0 amide bonds. The highest BCUT2D eigenvalue weighted by molar-refractivity contribution is 6.34. The van der Waals surface area contributed by atoms with E-state index in [0.717, 1.165) is 29.4 Å². The third-order valence-electron chi connectivity index (χ3n) is 4.52. The van der Waals surface area contributed by atoms with Crippen molar-refractivity contribution in [2.75, 3.05) is 37.0 Å². The van der Waals surface area contributed by atoms with Crippen LogP contribution in [0, 0.1) is 0 Å². The largest absolute Gasteiger partial charge is 0.488 e. The zero-order chi connectivity index (χ0) is 18.3. The fourth-order valence-electron chi connectivity index (χ4n) is 3.08. The van der Waals surface area contributed by atoms with Crippen molar-refractivity contribution in [3.63, 3.8) is 0 Å². The van der Waals surface area contributed by atoms with E-state index in [1.807, 2.05) is 38.5 Å². The van der Waals surface area contributed by atoms with Gasteiger partial charge in [0.1, 0.15) is 6.61 Å². The van der Waals surface area contributed by atoms with E-state index in [0.29, 0.717) is 23.9 Å². The first-order chi connectivity index (χ1) is 12.5. The van der Waals surface area contributed by atoms with Crippen LogP contribution < -0.4 is 20.1 Å². The molecule has 0 fully saturated rings. The number of benzene rings is 1. The number of hydrogen-bond acceptors (Lipinski definition) is 6. The summed E-state index contributed by atoms with van der Waals surface area (Å²) in [4.78, 5) is 20.5. The number of halogens is 1. The lowest BCUT2D eigenvalue weighted by Crippen LogP contribution is -2.30. The van der Waals surface area contributed by atoms with Crippen molar-refractivity contribution in [2.45, 2.75) is 6.54 Å². The maximum Gasteiger partial charge on any atom is 0.272 e. The molecule has 1 aromatic carbocycles. The second-order valence-electron chi connectivity index (χ2n) is 6.36. The number of H-pyrrole nitrogens is 1. The van der Waals surface area contributed by atoms with E-state index in [4.69, 9.17) is 16.3 Å². The molecule has 134 valence electrons. The Kier molecular flexibility index (Phi) is 4.16. The van der Waals surface area contributed by atoms with E-state index in [1.54, 1.807) is 6.07 Å². The zero-order valence-corrected chi connectivity index (χ0v) is 15.2. The zero-order valence-electron chi connectivity index (χ0n) is 14.5. The van der Waals surface area contributed by atoms with Gasteiger partial charge < -0.3 is 14.5 Å². The summed E-state index contributed by atoms with van der Waals surface area (Å²) in [7, 11) is 3.98. The molecule has 1 aliphatic rings. The Labute approximate surface area is 155 Å². The predicted octanol–water partition coefficient (Wildman–Crippen LogP) is 2.44. The van der Waals surface area contributed by atoms with Gasteiger partial charge in [-0.3, -0.25) is 4.79 Å². The Morgan fingerprint density at radius 2 is 2.19 bits per heavy atom. The van der Waals surface area contributed by atoms with Crippen molar-refractivity contribution in [1.29, 1.82) is 0 Å². The molecule has 0 spiro atoms. The third-order valence-corrected chi connectivity index (χ3v) is 4.81. The predicted molar refractivity (Wildman–Crippen MR) is 102 cm³/mol. The second-order valence-corrected chi connectivity index (χ2v) is 6.72. The highest BCUT2D eigenvalue weighted by Gasteiger charge is 2.17. The fraction of sp³-hybridized carbons (Fsp3) is 0.278.